The van der Waals surface area contributed by atoms with Crippen molar-refractivity contribution in [2.75, 3.05) is 19.6 Å². The van der Waals surface area contributed by atoms with Gasteiger partial charge in [0.1, 0.15) is 0 Å². The highest BCUT2D eigenvalue weighted by Crippen LogP contribution is 2.32. The molecule has 1 fully saturated rings. The van der Waals surface area contributed by atoms with Crippen LogP contribution in [0.2, 0.25) is 0 Å². The van der Waals surface area contributed by atoms with Crippen molar-refractivity contribution in [1.29, 1.82) is 5.26 Å². The predicted molar refractivity (Wildman–Crippen MR) is 112 cm³/mol. The van der Waals surface area contributed by atoms with E-state index in [0.29, 0.717) is 5.56 Å². The van der Waals surface area contributed by atoms with Crippen molar-refractivity contribution in [3.8, 4) is 6.07 Å². The first-order valence-electron chi connectivity index (χ1n) is 9.92. The van der Waals surface area contributed by atoms with Gasteiger partial charge in [-0.05, 0) is 73.8 Å². The number of hydrogen-bond donors (Lipinski definition) is 0. The molecule has 30 heavy (non-hydrogen) atoms. The third-order valence-corrected chi connectivity index (χ3v) is 5.61. The summed E-state index contributed by atoms with van der Waals surface area (Å²) in [4.78, 5) is 6.40. The predicted octanol–water partition coefficient (Wildman–Crippen LogP) is 5.81. The molecule has 3 rings (SSSR count). The van der Waals surface area contributed by atoms with Crippen LogP contribution in [0.5, 0.6) is 0 Å². The molecule has 0 aliphatic carbocycles. The van der Waals surface area contributed by atoms with Crippen LogP contribution in [0.15, 0.2) is 60.8 Å². The average molecular weight is 411 g/mol. The van der Waals surface area contributed by atoms with Crippen molar-refractivity contribution < 1.29 is 13.2 Å². The number of allylic oxidation sites excluding steroid dienone is 1. The van der Waals surface area contributed by atoms with Crippen LogP contribution >= 0.6 is 0 Å². The molecule has 0 bridgehead atoms. The number of rotatable bonds is 5. The van der Waals surface area contributed by atoms with Crippen molar-refractivity contribution in [3.63, 3.8) is 0 Å². The molecule has 1 aliphatic heterocycles. The molecule has 2 heterocycles. The smallest absolute Gasteiger partial charge is 0.299 e. The Bertz CT molecular complexity index is 943. The van der Waals surface area contributed by atoms with Gasteiger partial charge < -0.3 is 0 Å². The number of benzene rings is 1. The maximum absolute atomic E-state index is 12.7. The van der Waals surface area contributed by atoms with Crippen molar-refractivity contribution in [1.82, 2.24) is 9.88 Å². The maximum atomic E-state index is 12.7. The third kappa shape index (κ3) is 5.17. The number of halogens is 3. The van der Waals surface area contributed by atoms with Gasteiger partial charge in [0.2, 0.25) is 0 Å². The lowest BCUT2D eigenvalue weighted by Crippen LogP contribution is -2.34. The molecule has 0 spiro atoms. The Morgan fingerprint density at radius 2 is 1.87 bits per heavy atom. The highest BCUT2D eigenvalue weighted by molar-refractivity contribution is 5.77. The lowest BCUT2D eigenvalue weighted by Gasteiger charge is -2.32. The Hall–Kier alpha value is -2.91. The van der Waals surface area contributed by atoms with E-state index in [2.05, 4.69) is 28.6 Å². The summed E-state index contributed by atoms with van der Waals surface area (Å²) < 4.78 is 38.2. The number of pyridine rings is 1. The second kappa shape index (κ2) is 9.27. The molecule has 1 aromatic carbocycles. The van der Waals surface area contributed by atoms with Gasteiger partial charge in [0, 0.05) is 24.4 Å². The molecule has 0 radical (unpaired) electrons. The summed E-state index contributed by atoms with van der Waals surface area (Å²) >= 11 is 0. The minimum absolute atomic E-state index is 0.180. The Balaban J connectivity index is 1.57. The van der Waals surface area contributed by atoms with Crippen LogP contribution in [-0.2, 0) is 6.18 Å². The number of nitriles is 1. The highest BCUT2D eigenvalue weighted by atomic mass is 19.4. The molecule has 3 nitrogen and oxygen atoms in total. The largest absolute Gasteiger partial charge is 0.417 e. The fourth-order valence-electron chi connectivity index (χ4n) is 3.73. The normalized spacial score (nSPS) is 16.3. The van der Waals surface area contributed by atoms with Gasteiger partial charge in [-0.1, -0.05) is 24.8 Å². The van der Waals surface area contributed by atoms with E-state index in [1.807, 2.05) is 19.1 Å². The standard InChI is InChI=1S/C24H24F3N3/c1-3-19(17(2)20-6-4-18(14-28)5-7-20)16-30-12-10-21(11-13-30)23-9-8-22(15-29-23)24(25,26)27/h3-9,15,21H,2,10-13,16H2,1H3/b19-3-. The van der Waals surface area contributed by atoms with Crippen LogP contribution in [0, 0.1) is 11.3 Å². The summed E-state index contributed by atoms with van der Waals surface area (Å²) in [6.45, 7) is 8.69. The average Bonchev–Trinajstić information content (AvgIpc) is 2.77. The molecule has 0 N–H and O–H groups in total. The second-order valence-corrected chi connectivity index (χ2v) is 7.50. The highest BCUT2D eigenvalue weighted by Gasteiger charge is 2.31. The van der Waals surface area contributed by atoms with Crippen molar-refractivity contribution in [2.45, 2.75) is 31.9 Å². The molecule has 1 saturated heterocycles. The number of nitrogens with zero attached hydrogens (tertiary/aromatic N) is 3. The number of aromatic nitrogens is 1. The lowest BCUT2D eigenvalue weighted by atomic mass is 9.91. The summed E-state index contributed by atoms with van der Waals surface area (Å²) in [7, 11) is 0. The Morgan fingerprint density at radius 3 is 2.37 bits per heavy atom. The zero-order valence-corrected chi connectivity index (χ0v) is 16.9. The molecule has 1 aromatic heterocycles. The molecule has 6 heteroatoms. The van der Waals surface area contributed by atoms with Crippen molar-refractivity contribution in [3.05, 3.63) is 83.2 Å². The SMILES string of the molecule is C=C(/C(=C\C)CN1CCC(c2ccc(C(F)(F)F)cn2)CC1)c1ccc(C#N)cc1. The Morgan fingerprint density at radius 1 is 1.20 bits per heavy atom. The topological polar surface area (TPSA) is 39.9 Å². The minimum Gasteiger partial charge on any atom is -0.299 e. The van der Waals surface area contributed by atoms with Crippen LogP contribution in [0.3, 0.4) is 0 Å². The molecule has 0 amide bonds. The zero-order chi connectivity index (χ0) is 21.7. The maximum Gasteiger partial charge on any atom is 0.417 e. The number of alkyl halides is 3. The number of hydrogen-bond acceptors (Lipinski definition) is 3. The van der Waals surface area contributed by atoms with Gasteiger partial charge in [-0.3, -0.25) is 9.88 Å². The third-order valence-electron chi connectivity index (χ3n) is 5.61. The first-order chi connectivity index (χ1) is 14.3. The monoisotopic (exact) mass is 411 g/mol. The van der Waals surface area contributed by atoms with E-state index in [1.165, 1.54) is 6.07 Å². The summed E-state index contributed by atoms with van der Waals surface area (Å²) in [5, 5.41) is 8.95. The van der Waals surface area contributed by atoms with Gasteiger partial charge in [-0.2, -0.15) is 18.4 Å². The van der Waals surface area contributed by atoms with Crippen molar-refractivity contribution in [2.24, 2.45) is 0 Å². The van der Waals surface area contributed by atoms with Gasteiger partial charge in [0.15, 0.2) is 0 Å². The summed E-state index contributed by atoms with van der Waals surface area (Å²) in [6.07, 6.45) is 0.359. The molecular weight excluding hydrogens is 387 g/mol. The molecule has 1 aliphatic rings. The molecule has 0 unspecified atom stereocenters. The van der Waals surface area contributed by atoms with Crippen molar-refractivity contribution >= 4 is 5.57 Å². The van der Waals surface area contributed by atoms with E-state index in [1.54, 1.807) is 12.1 Å². The second-order valence-electron chi connectivity index (χ2n) is 7.50. The Labute approximate surface area is 175 Å². The number of piperidine rings is 1. The molecule has 2 aromatic rings. The first-order valence-corrected chi connectivity index (χ1v) is 9.92. The lowest BCUT2D eigenvalue weighted by molar-refractivity contribution is -0.137. The summed E-state index contributed by atoms with van der Waals surface area (Å²) in [5.41, 5.74) is 3.71. The molecule has 156 valence electrons. The quantitative estimate of drug-likeness (QED) is 0.583. The van der Waals surface area contributed by atoms with Crippen LogP contribution in [0.1, 0.15) is 48.1 Å². The zero-order valence-electron chi connectivity index (χ0n) is 16.9. The fourth-order valence-corrected chi connectivity index (χ4v) is 3.73. The van der Waals surface area contributed by atoms with Gasteiger partial charge in [-0.25, -0.2) is 0 Å². The number of likely N-dealkylation sites (tertiary alicyclic amines) is 1. The van der Waals surface area contributed by atoms with Crippen LogP contribution in [0.25, 0.3) is 5.57 Å². The van der Waals surface area contributed by atoms with Crippen LogP contribution in [0.4, 0.5) is 13.2 Å². The minimum atomic E-state index is -4.35. The van der Waals surface area contributed by atoms with Crippen LogP contribution < -0.4 is 0 Å². The van der Waals surface area contributed by atoms with E-state index in [-0.39, 0.29) is 5.92 Å². The first kappa shape index (κ1) is 21.8. The van der Waals surface area contributed by atoms with Gasteiger partial charge in [0.25, 0.3) is 0 Å². The molecular formula is C24H24F3N3. The summed E-state index contributed by atoms with van der Waals surface area (Å²) in [5.74, 6) is 0.180. The van der Waals surface area contributed by atoms with E-state index in [9.17, 15) is 13.2 Å². The summed E-state index contributed by atoms with van der Waals surface area (Å²) in [6, 6.07) is 12.1. The Kier molecular flexibility index (Phi) is 6.73. The van der Waals surface area contributed by atoms with Crippen LogP contribution in [-0.4, -0.2) is 29.5 Å². The molecule has 0 atom stereocenters. The van der Waals surface area contributed by atoms with E-state index in [4.69, 9.17) is 5.26 Å². The van der Waals surface area contributed by atoms with Gasteiger partial charge in [-0.15, -0.1) is 0 Å². The van der Waals surface area contributed by atoms with Gasteiger partial charge >= 0.3 is 6.18 Å². The fraction of sp³-hybridized carbons (Fsp3) is 0.333. The molecule has 0 saturated carbocycles. The van der Waals surface area contributed by atoms with E-state index < -0.39 is 11.7 Å². The van der Waals surface area contributed by atoms with E-state index in [0.717, 1.165) is 67.1 Å². The van der Waals surface area contributed by atoms with Gasteiger partial charge in [0.05, 0.1) is 17.2 Å². The van der Waals surface area contributed by atoms with E-state index >= 15 is 0 Å².